The highest BCUT2D eigenvalue weighted by Crippen LogP contribution is 2.16. The highest BCUT2D eigenvalue weighted by Gasteiger charge is 2.17. The Kier molecular flexibility index (Phi) is 2.94. The van der Waals surface area contributed by atoms with Crippen LogP contribution >= 0.6 is 0 Å². The van der Waals surface area contributed by atoms with Gasteiger partial charge in [0.05, 0.1) is 5.69 Å². The van der Waals surface area contributed by atoms with E-state index >= 15 is 0 Å². The Bertz CT molecular complexity index is 583. The highest BCUT2D eigenvalue weighted by molar-refractivity contribution is 5.85. The molecule has 0 aliphatic rings. The van der Waals surface area contributed by atoms with Crippen molar-refractivity contribution in [1.82, 2.24) is 15.0 Å². The van der Waals surface area contributed by atoms with Crippen LogP contribution in [0.1, 0.15) is 26.5 Å². The minimum Gasteiger partial charge on any atom is -0.444 e. The number of carbonyl (C=O) groups is 1. The number of aromatic nitrogens is 3. The summed E-state index contributed by atoms with van der Waals surface area (Å²) in [6.45, 7) is 7.25. The summed E-state index contributed by atoms with van der Waals surface area (Å²) in [7, 11) is 0. The normalized spacial score (nSPS) is 11.6. The third kappa shape index (κ3) is 2.77. The number of anilines is 1. The third-order valence-corrected chi connectivity index (χ3v) is 2.22. The van der Waals surface area contributed by atoms with E-state index in [1.165, 1.54) is 0 Å². The first-order valence-electron chi connectivity index (χ1n) is 5.67. The quantitative estimate of drug-likeness (QED) is 0.813. The van der Waals surface area contributed by atoms with E-state index in [4.69, 9.17) is 4.74 Å². The number of hydrogen-bond acceptors (Lipinski definition) is 4. The maximum absolute atomic E-state index is 11.6. The molecule has 0 spiro atoms. The van der Waals surface area contributed by atoms with Gasteiger partial charge in [0.1, 0.15) is 11.2 Å². The minimum absolute atomic E-state index is 0.233. The van der Waals surface area contributed by atoms with Crippen LogP contribution in [0.25, 0.3) is 11.0 Å². The fourth-order valence-electron chi connectivity index (χ4n) is 1.55. The summed E-state index contributed by atoms with van der Waals surface area (Å²) in [6.07, 6.45) is 1.22. The molecule has 2 aromatic heterocycles. The molecule has 2 heterocycles. The van der Waals surface area contributed by atoms with Gasteiger partial charge >= 0.3 is 6.09 Å². The van der Waals surface area contributed by atoms with Gasteiger partial charge in [0.2, 0.25) is 5.95 Å². The third-order valence-electron chi connectivity index (χ3n) is 2.22. The Hall–Kier alpha value is -2.11. The lowest BCUT2D eigenvalue weighted by Crippen LogP contribution is -2.27. The van der Waals surface area contributed by atoms with Crippen molar-refractivity contribution in [3.05, 3.63) is 18.0 Å². The summed E-state index contributed by atoms with van der Waals surface area (Å²) >= 11 is 0. The number of amides is 1. The molecule has 0 aromatic carbocycles. The minimum atomic E-state index is -0.562. The molecule has 0 aliphatic carbocycles. The molecule has 0 unspecified atom stereocenters. The Labute approximate surface area is 105 Å². The molecule has 18 heavy (non-hydrogen) atoms. The second-order valence-electron chi connectivity index (χ2n) is 5.00. The van der Waals surface area contributed by atoms with Crippen molar-refractivity contribution < 1.29 is 9.53 Å². The van der Waals surface area contributed by atoms with Gasteiger partial charge in [0.15, 0.2) is 0 Å². The second-order valence-corrected chi connectivity index (χ2v) is 5.00. The molecule has 0 saturated carbocycles. The van der Waals surface area contributed by atoms with Crippen molar-refractivity contribution in [3.8, 4) is 0 Å². The zero-order valence-electron chi connectivity index (χ0n) is 10.9. The second kappa shape index (κ2) is 4.29. The average molecular weight is 248 g/mol. The van der Waals surface area contributed by atoms with E-state index in [0.717, 1.165) is 11.1 Å². The maximum Gasteiger partial charge on any atom is 0.414 e. The molecule has 2 aromatic rings. The average Bonchev–Trinajstić information content (AvgIpc) is 2.62. The largest absolute Gasteiger partial charge is 0.444 e. The summed E-state index contributed by atoms with van der Waals surface area (Å²) in [6, 6.07) is 1.89. The Balaban J connectivity index is 2.19. The number of aromatic amines is 1. The molecule has 6 heteroatoms. The fourth-order valence-corrected chi connectivity index (χ4v) is 1.55. The summed E-state index contributed by atoms with van der Waals surface area (Å²) in [5.41, 5.74) is 0.941. The number of rotatable bonds is 1. The molecular formula is C12H16N4O2. The Morgan fingerprint density at radius 2 is 2.11 bits per heavy atom. The van der Waals surface area contributed by atoms with Crippen molar-refractivity contribution >= 4 is 23.1 Å². The van der Waals surface area contributed by atoms with Gasteiger partial charge in [0.25, 0.3) is 0 Å². The van der Waals surface area contributed by atoms with Gasteiger partial charge in [0, 0.05) is 11.6 Å². The lowest BCUT2D eigenvalue weighted by molar-refractivity contribution is 0.0634. The number of fused-ring (bicyclic) bond motifs is 1. The van der Waals surface area contributed by atoms with Crippen molar-refractivity contribution in [2.45, 2.75) is 33.3 Å². The standard InChI is InChI=1S/C12H16N4O2/c1-7-8-5-6-13-9(8)15-10(14-7)16-11(17)18-12(2,3)4/h5-6H,1-4H3,(H2,13,14,15,16,17). The maximum atomic E-state index is 11.6. The number of H-pyrrole nitrogens is 1. The highest BCUT2D eigenvalue weighted by atomic mass is 16.6. The zero-order chi connectivity index (χ0) is 13.3. The molecule has 6 nitrogen and oxygen atoms in total. The van der Waals surface area contributed by atoms with E-state index in [1.807, 2.05) is 13.0 Å². The molecule has 0 atom stereocenters. The van der Waals surface area contributed by atoms with Crippen LogP contribution in [0, 0.1) is 6.92 Å². The molecule has 2 N–H and O–H groups in total. The van der Waals surface area contributed by atoms with E-state index in [-0.39, 0.29) is 5.95 Å². The Morgan fingerprint density at radius 3 is 2.78 bits per heavy atom. The first-order chi connectivity index (χ1) is 8.35. The van der Waals surface area contributed by atoms with Crippen LogP contribution in [-0.4, -0.2) is 26.6 Å². The van der Waals surface area contributed by atoms with Gasteiger partial charge in [-0.25, -0.2) is 9.78 Å². The molecule has 0 aliphatic heterocycles. The van der Waals surface area contributed by atoms with E-state index in [2.05, 4.69) is 20.3 Å². The van der Waals surface area contributed by atoms with Crippen LogP contribution in [0.4, 0.5) is 10.7 Å². The van der Waals surface area contributed by atoms with Crippen molar-refractivity contribution in [2.75, 3.05) is 5.32 Å². The van der Waals surface area contributed by atoms with Crippen molar-refractivity contribution in [3.63, 3.8) is 0 Å². The van der Waals surface area contributed by atoms with Crippen LogP contribution in [0.5, 0.6) is 0 Å². The molecule has 2 rings (SSSR count). The monoisotopic (exact) mass is 248 g/mol. The lowest BCUT2D eigenvalue weighted by Gasteiger charge is -2.19. The predicted octanol–water partition coefficient (Wildman–Crippen LogP) is 2.61. The first kappa shape index (κ1) is 12.3. The number of nitrogens with zero attached hydrogens (tertiary/aromatic N) is 2. The SMILES string of the molecule is Cc1nc(NC(=O)OC(C)(C)C)nc2[nH]ccc12. The number of ether oxygens (including phenoxy) is 1. The number of aryl methyl sites for hydroxylation is 1. The summed E-state index contributed by atoms with van der Waals surface area (Å²) in [5.74, 6) is 0.233. The molecule has 0 bridgehead atoms. The van der Waals surface area contributed by atoms with Gasteiger partial charge in [-0.2, -0.15) is 4.98 Å². The van der Waals surface area contributed by atoms with Gasteiger partial charge in [-0.3, -0.25) is 5.32 Å². The molecular weight excluding hydrogens is 232 g/mol. The van der Waals surface area contributed by atoms with Crippen molar-refractivity contribution in [2.24, 2.45) is 0 Å². The molecule has 96 valence electrons. The zero-order valence-corrected chi connectivity index (χ0v) is 10.9. The summed E-state index contributed by atoms with van der Waals surface area (Å²) in [4.78, 5) is 23.0. The summed E-state index contributed by atoms with van der Waals surface area (Å²) in [5, 5.41) is 3.45. The first-order valence-corrected chi connectivity index (χ1v) is 5.67. The van der Waals surface area contributed by atoms with Crippen molar-refractivity contribution in [1.29, 1.82) is 0 Å². The topological polar surface area (TPSA) is 79.9 Å². The number of nitrogens with one attached hydrogen (secondary N) is 2. The van der Waals surface area contributed by atoms with E-state index < -0.39 is 11.7 Å². The van der Waals surface area contributed by atoms with E-state index in [0.29, 0.717) is 5.65 Å². The van der Waals surface area contributed by atoms with E-state index in [1.54, 1.807) is 27.0 Å². The predicted molar refractivity (Wildman–Crippen MR) is 68.5 cm³/mol. The van der Waals surface area contributed by atoms with Crippen LogP contribution < -0.4 is 5.32 Å². The number of hydrogen-bond donors (Lipinski definition) is 2. The van der Waals surface area contributed by atoms with Crippen LogP contribution in [0.3, 0.4) is 0 Å². The Morgan fingerprint density at radius 1 is 1.39 bits per heavy atom. The van der Waals surface area contributed by atoms with Crippen LogP contribution in [-0.2, 0) is 4.74 Å². The number of carbonyl (C=O) groups excluding carboxylic acids is 1. The van der Waals surface area contributed by atoms with Gasteiger partial charge in [-0.1, -0.05) is 0 Å². The van der Waals surface area contributed by atoms with Crippen LogP contribution in [0.15, 0.2) is 12.3 Å². The smallest absolute Gasteiger partial charge is 0.414 e. The fraction of sp³-hybridized carbons (Fsp3) is 0.417. The van der Waals surface area contributed by atoms with Gasteiger partial charge in [-0.15, -0.1) is 0 Å². The van der Waals surface area contributed by atoms with Crippen LogP contribution in [0.2, 0.25) is 0 Å². The van der Waals surface area contributed by atoms with E-state index in [9.17, 15) is 4.79 Å². The van der Waals surface area contributed by atoms with Gasteiger partial charge in [-0.05, 0) is 33.8 Å². The summed E-state index contributed by atoms with van der Waals surface area (Å²) < 4.78 is 5.13. The lowest BCUT2D eigenvalue weighted by atomic mass is 10.2. The molecule has 0 saturated heterocycles. The molecule has 1 amide bonds. The van der Waals surface area contributed by atoms with Gasteiger partial charge < -0.3 is 9.72 Å². The molecule has 0 radical (unpaired) electrons. The molecule has 0 fully saturated rings.